The summed E-state index contributed by atoms with van der Waals surface area (Å²) in [4.78, 5) is 2.42. The van der Waals surface area contributed by atoms with Crippen LogP contribution < -0.4 is 5.73 Å². The van der Waals surface area contributed by atoms with E-state index in [1.165, 1.54) is 5.56 Å². The van der Waals surface area contributed by atoms with Crippen LogP contribution in [0.3, 0.4) is 0 Å². The largest absolute Gasteiger partial charge is 0.323 e. The zero-order chi connectivity index (χ0) is 13.0. The molecule has 0 amide bonds. The maximum absolute atomic E-state index is 6.28. The van der Waals surface area contributed by atoms with Crippen molar-refractivity contribution in [3.63, 3.8) is 0 Å². The molecule has 1 rings (SSSR count). The summed E-state index contributed by atoms with van der Waals surface area (Å²) in [6.07, 6.45) is 0. The van der Waals surface area contributed by atoms with Gasteiger partial charge in [0.25, 0.3) is 0 Å². The molecular weight excluding hydrogens is 276 g/mol. The smallest absolute Gasteiger partial charge is 0.0424 e. The monoisotopic (exact) mass is 298 g/mol. The van der Waals surface area contributed by atoms with Crippen LogP contribution in [0.25, 0.3) is 0 Å². The minimum atomic E-state index is 0.0669. The second-order valence-electron chi connectivity index (χ2n) is 5.05. The third-order valence-electron chi connectivity index (χ3n) is 3.01. The average Bonchev–Trinajstić information content (AvgIpc) is 2.24. The fourth-order valence-corrected chi connectivity index (χ4v) is 2.50. The minimum Gasteiger partial charge on any atom is -0.323 e. The highest BCUT2D eigenvalue weighted by atomic mass is 79.9. The van der Waals surface area contributed by atoms with Gasteiger partial charge in [-0.05, 0) is 45.4 Å². The van der Waals surface area contributed by atoms with Crippen molar-refractivity contribution in [3.8, 4) is 0 Å². The van der Waals surface area contributed by atoms with Gasteiger partial charge in [-0.2, -0.15) is 0 Å². The van der Waals surface area contributed by atoms with Crippen LogP contribution >= 0.6 is 15.9 Å². The molecule has 0 aromatic heterocycles. The molecule has 1 aromatic rings. The van der Waals surface area contributed by atoms with Gasteiger partial charge in [0.1, 0.15) is 0 Å². The highest BCUT2D eigenvalue weighted by Gasteiger charge is 2.17. The molecule has 0 radical (unpaired) electrons. The van der Waals surface area contributed by atoms with Gasteiger partial charge in [0, 0.05) is 29.1 Å². The van der Waals surface area contributed by atoms with Crippen LogP contribution in [0.2, 0.25) is 0 Å². The highest BCUT2D eigenvalue weighted by molar-refractivity contribution is 9.10. The summed E-state index contributed by atoms with van der Waals surface area (Å²) in [6, 6.07) is 9.36. The molecule has 2 nitrogen and oxygen atoms in total. The number of nitrogens with zero attached hydrogens (tertiary/aromatic N) is 1. The fourth-order valence-electron chi connectivity index (χ4n) is 2.09. The Morgan fingerprint density at radius 3 is 2.24 bits per heavy atom. The maximum Gasteiger partial charge on any atom is 0.0424 e. The number of nitrogens with two attached hydrogens (primary N) is 1. The third kappa shape index (κ3) is 4.41. The lowest BCUT2D eigenvalue weighted by molar-refractivity contribution is 0.164. The van der Waals surface area contributed by atoms with Crippen molar-refractivity contribution in [2.45, 2.75) is 45.8 Å². The van der Waals surface area contributed by atoms with E-state index in [4.69, 9.17) is 5.73 Å². The lowest BCUT2D eigenvalue weighted by Gasteiger charge is -2.33. The number of hydrogen-bond acceptors (Lipinski definition) is 2. The first kappa shape index (κ1) is 14.7. The van der Waals surface area contributed by atoms with Crippen molar-refractivity contribution in [3.05, 3.63) is 34.3 Å². The second kappa shape index (κ2) is 6.53. The molecule has 2 N–H and O–H groups in total. The van der Waals surface area contributed by atoms with Gasteiger partial charge in [-0.1, -0.05) is 28.1 Å². The molecule has 0 spiro atoms. The molecule has 0 aliphatic carbocycles. The van der Waals surface area contributed by atoms with Crippen LogP contribution in [-0.4, -0.2) is 23.5 Å². The summed E-state index contributed by atoms with van der Waals surface area (Å²) in [6.45, 7) is 9.76. The first-order valence-electron chi connectivity index (χ1n) is 6.18. The minimum absolute atomic E-state index is 0.0669. The van der Waals surface area contributed by atoms with E-state index in [0.29, 0.717) is 12.1 Å². The Morgan fingerprint density at radius 2 is 1.76 bits per heavy atom. The summed E-state index contributed by atoms with van der Waals surface area (Å²) in [7, 11) is 0. The van der Waals surface area contributed by atoms with Gasteiger partial charge in [0.15, 0.2) is 0 Å². The molecule has 0 bridgehead atoms. The summed E-state index contributed by atoms with van der Waals surface area (Å²) in [5.74, 6) is 0. The molecule has 17 heavy (non-hydrogen) atoms. The Morgan fingerprint density at radius 1 is 1.18 bits per heavy atom. The number of benzene rings is 1. The molecule has 1 atom stereocenters. The van der Waals surface area contributed by atoms with Crippen molar-refractivity contribution in [2.75, 3.05) is 6.54 Å². The van der Waals surface area contributed by atoms with Gasteiger partial charge in [-0.25, -0.2) is 0 Å². The molecule has 3 heteroatoms. The van der Waals surface area contributed by atoms with Crippen LogP contribution in [-0.2, 0) is 0 Å². The van der Waals surface area contributed by atoms with Crippen molar-refractivity contribution < 1.29 is 0 Å². The van der Waals surface area contributed by atoms with Gasteiger partial charge in [-0.3, -0.25) is 4.90 Å². The van der Waals surface area contributed by atoms with Crippen molar-refractivity contribution >= 4 is 15.9 Å². The van der Waals surface area contributed by atoms with Gasteiger partial charge in [0.05, 0.1) is 0 Å². The Balaban J connectivity index is 2.73. The molecule has 0 saturated heterocycles. The maximum atomic E-state index is 6.28. The predicted octanol–water partition coefficient (Wildman–Crippen LogP) is 3.57. The highest BCUT2D eigenvalue weighted by Crippen LogP contribution is 2.19. The van der Waals surface area contributed by atoms with Crippen molar-refractivity contribution in [2.24, 2.45) is 5.73 Å². The third-order valence-corrected chi connectivity index (χ3v) is 3.50. The topological polar surface area (TPSA) is 29.3 Å². The fraction of sp³-hybridized carbons (Fsp3) is 0.571. The quantitative estimate of drug-likeness (QED) is 0.900. The number of rotatable bonds is 5. The van der Waals surface area contributed by atoms with Crippen LogP contribution in [0.4, 0.5) is 0 Å². The molecule has 0 aliphatic heterocycles. The lowest BCUT2D eigenvalue weighted by Crippen LogP contribution is -2.41. The molecule has 0 aliphatic rings. The summed E-state index contributed by atoms with van der Waals surface area (Å²) in [5, 5.41) is 0. The molecule has 1 unspecified atom stereocenters. The van der Waals surface area contributed by atoms with Gasteiger partial charge in [0.2, 0.25) is 0 Å². The second-order valence-corrected chi connectivity index (χ2v) is 5.96. The van der Waals surface area contributed by atoms with E-state index in [-0.39, 0.29) is 6.04 Å². The van der Waals surface area contributed by atoms with Gasteiger partial charge < -0.3 is 5.73 Å². The van der Waals surface area contributed by atoms with Crippen LogP contribution in [0, 0.1) is 0 Å². The van der Waals surface area contributed by atoms with Crippen LogP contribution in [0.5, 0.6) is 0 Å². The van der Waals surface area contributed by atoms with E-state index < -0.39 is 0 Å². The zero-order valence-corrected chi connectivity index (χ0v) is 12.7. The summed E-state index contributed by atoms with van der Waals surface area (Å²) >= 11 is 3.49. The Bertz CT molecular complexity index is 342. The lowest BCUT2D eigenvalue weighted by atomic mass is 10.1. The Kier molecular flexibility index (Phi) is 5.63. The van der Waals surface area contributed by atoms with E-state index >= 15 is 0 Å². The SMILES string of the molecule is CC(C)N(CC(N)c1cccc(Br)c1)C(C)C. The zero-order valence-electron chi connectivity index (χ0n) is 11.2. The van der Waals surface area contributed by atoms with E-state index in [1.807, 2.05) is 12.1 Å². The van der Waals surface area contributed by atoms with Crippen LogP contribution in [0.15, 0.2) is 28.7 Å². The van der Waals surface area contributed by atoms with Gasteiger partial charge in [-0.15, -0.1) is 0 Å². The van der Waals surface area contributed by atoms with Crippen molar-refractivity contribution in [1.82, 2.24) is 4.90 Å². The Labute approximate surface area is 113 Å². The molecular formula is C14H23BrN2. The molecule has 96 valence electrons. The number of halogens is 1. The average molecular weight is 299 g/mol. The first-order chi connectivity index (χ1) is 7.91. The van der Waals surface area contributed by atoms with Crippen LogP contribution in [0.1, 0.15) is 39.3 Å². The van der Waals surface area contributed by atoms with E-state index in [2.05, 4.69) is 60.7 Å². The van der Waals surface area contributed by atoms with E-state index in [1.54, 1.807) is 0 Å². The normalized spacial score (nSPS) is 13.7. The first-order valence-corrected chi connectivity index (χ1v) is 6.98. The van der Waals surface area contributed by atoms with E-state index in [0.717, 1.165) is 11.0 Å². The Hall–Kier alpha value is -0.380. The molecule has 1 aromatic carbocycles. The standard InChI is InChI=1S/C14H23BrN2/c1-10(2)17(11(3)4)9-14(16)12-6-5-7-13(15)8-12/h5-8,10-11,14H,9,16H2,1-4H3. The molecule has 0 heterocycles. The predicted molar refractivity (Wildman–Crippen MR) is 78.0 cm³/mol. The molecule has 0 fully saturated rings. The molecule has 0 saturated carbocycles. The summed E-state index contributed by atoms with van der Waals surface area (Å²) in [5.41, 5.74) is 7.46. The van der Waals surface area contributed by atoms with Gasteiger partial charge >= 0.3 is 0 Å². The number of hydrogen-bond donors (Lipinski definition) is 1. The van der Waals surface area contributed by atoms with E-state index in [9.17, 15) is 0 Å². The van der Waals surface area contributed by atoms with Crippen molar-refractivity contribution in [1.29, 1.82) is 0 Å². The summed E-state index contributed by atoms with van der Waals surface area (Å²) < 4.78 is 1.09.